The fraction of sp³-hybridized carbons (Fsp3) is 0.600. The van der Waals surface area contributed by atoms with Crippen molar-refractivity contribution in [2.45, 2.75) is 64.3 Å². The molecule has 2 fully saturated rings. The monoisotopic (exact) mass is 341 g/mol. The van der Waals surface area contributed by atoms with Crippen molar-refractivity contribution < 1.29 is 9.21 Å². The minimum Gasteiger partial charge on any atom is -0.441 e. The number of benzene rings is 1. The fourth-order valence-electron chi connectivity index (χ4n) is 4.47. The smallest absolute Gasteiger partial charge is 0.322 e. The van der Waals surface area contributed by atoms with Crippen molar-refractivity contribution in [2.75, 3.05) is 11.9 Å². The lowest BCUT2D eigenvalue weighted by Crippen LogP contribution is -2.39. The Morgan fingerprint density at radius 3 is 2.92 bits per heavy atom. The molecule has 5 nitrogen and oxygen atoms in total. The highest BCUT2D eigenvalue weighted by atomic mass is 16.3. The number of amides is 2. The third kappa shape index (κ3) is 3.65. The average molecular weight is 341 g/mol. The van der Waals surface area contributed by atoms with Crippen molar-refractivity contribution in [3.63, 3.8) is 0 Å². The molecule has 1 saturated carbocycles. The van der Waals surface area contributed by atoms with Gasteiger partial charge in [-0.15, -0.1) is 0 Å². The first-order valence-corrected chi connectivity index (χ1v) is 9.64. The quantitative estimate of drug-likeness (QED) is 0.844. The molecule has 2 amide bonds. The van der Waals surface area contributed by atoms with Crippen LogP contribution in [0.1, 0.15) is 57.3 Å². The molecule has 1 aliphatic heterocycles. The first-order chi connectivity index (χ1) is 12.2. The van der Waals surface area contributed by atoms with E-state index in [0.29, 0.717) is 11.9 Å². The van der Waals surface area contributed by atoms with Crippen LogP contribution >= 0.6 is 0 Å². The lowest BCUT2D eigenvalue weighted by Gasteiger charge is -2.30. The third-order valence-corrected chi connectivity index (χ3v) is 5.71. The molecule has 4 rings (SSSR count). The highest BCUT2D eigenvalue weighted by Crippen LogP contribution is 2.32. The fourth-order valence-corrected chi connectivity index (χ4v) is 4.47. The molecule has 0 bridgehead atoms. The maximum atomic E-state index is 12.8. The van der Waals surface area contributed by atoms with Crippen molar-refractivity contribution in [3.8, 4) is 0 Å². The SMILES string of the molecule is Cc1nc2ccc(NC(=O)N3CCCC3CC3CCCCC3)cc2o1. The Morgan fingerprint density at radius 1 is 1.24 bits per heavy atom. The summed E-state index contributed by atoms with van der Waals surface area (Å²) in [6.45, 7) is 2.70. The molecule has 1 atom stereocenters. The topological polar surface area (TPSA) is 58.4 Å². The number of aryl methyl sites for hydroxylation is 1. The van der Waals surface area contributed by atoms with Gasteiger partial charge in [-0.1, -0.05) is 32.1 Å². The Labute approximate surface area is 148 Å². The van der Waals surface area contributed by atoms with Crippen LogP contribution in [-0.2, 0) is 0 Å². The zero-order valence-corrected chi connectivity index (χ0v) is 15.0. The van der Waals surface area contributed by atoms with E-state index < -0.39 is 0 Å². The van der Waals surface area contributed by atoms with E-state index in [2.05, 4.69) is 10.3 Å². The molecular weight excluding hydrogens is 314 g/mol. The van der Waals surface area contributed by atoms with Crippen LogP contribution in [0.15, 0.2) is 22.6 Å². The molecule has 0 radical (unpaired) electrons. The number of urea groups is 1. The van der Waals surface area contributed by atoms with E-state index in [4.69, 9.17) is 4.42 Å². The van der Waals surface area contributed by atoms with E-state index in [1.54, 1.807) is 0 Å². The van der Waals surface area contributed by atoms with Crippen molar-refractivity contribution >= 4 is 22.8 Å². The molecule has 2 aromatic rings. The van der Waals surface area contributed by atoms with Crippen molar-refractivity contribution in [1.29, 1.82) is 0 Å². The zero-order valence-electron chi connectivity index (χ0n) is 15.0. The van der Waals surface area contributed by atoms with Gasteiger partial charge in [0, 0.05) is 31.3 Å². The van der Waals surface area contributed by atoms with Crippen molar-refractivity contribution in [1.82, 2.24) is 9.88 Å². The highest BCUT2D eigenvalue weighted by molar-refractivity contribution is 5.91. The molecule has 0 spiro atoms. The largest absolute Gasteiger partial charge is 0.441 e. The summed E-state index contributed by atoms with van der Waals surface area (Å²) in [7, 11) is 0. The summed E-state index contributed by atoms with van der Waals surface area (Å²) in [5, 5.41) is 3.05. The summed E-state index contributed by atoms with van der Waals surface area (Å²) in [4.78, 5) is 19.1. The summed E-state index contributed by atoms with van der Waals surface area (Å²) in [5.41, 5.74) is 2.32. The van der Waals surface area contributed by atoms with Gasteiger partial charge in [-0.3, -0.25) is 0 Å². The second-order valence-electron chi connectivity index (χ2n) is 7.57. The standard InChI is InChI=1S/C20H27N3O2/c1-14-21-18-10-9-16(13-19(18)25-14)22-20(24)23-11-5-8-17(23)12-15-6-3-2-4-7-15/h9-10,13,15,17H,2-8,11-12H2,1H3,(H,22,24). The molecule has 1 unspecified atom stereocenters. The Kier molecular flexibility index (Phi) is 4.64. The number of aromatic nitrogens is 1. The molecule has 2 heterocycles. The summed E-state index contributed by atoms with van der Waals surface area (Å²) in [6, 6.07) is 6.08. The molecule has 1 aromatic heterocycles. The Bertz CT molecular complexity index is 748. The van der Waals surface area contributed by atoms with E-state index in [9.17, 15) is 4.79 Å². The average Bonchev–Trinajstić information content (AvgIpc) is 3.21. The summed E-state index contributed by atoms with van der Waals surface area (Å²) in [6.07, 6.45) is 10.2. The van der Waals surface area contributed by atoms with Crippen LogP contribution in [-0.4, -0.2) is 28.5 Å². The van der Waals surface area contributed by atoms with E-state index in [-0.39, 0.29) is 6.03 Å². The van der Waals surface area contributed by atoms with Gasteiger partial charge in [0.1, 0.15) is 5.52 Å². The summed E-state index contributed by atoms with van der Waals surface area (Å²) < 4.78 is 5.56. The zero-order chi connectivity index (χ0) is 17.2. The number of nitrogens with zero attached hydrogens (tertiary/aromatic N) is 2. The normalized spacial score (nSPS) is 21.8. The van der Waals surface area contributed by atoms with Crippen molar-refractivity contribution in [2.24, 2.45) is 5.92 Å². The first-order valence-electron chi connectivity index (χ1n) is 9.64. The van der Waals surface area contributed by atoms with Gasteiger partial charge in [0.2, 0.25) is 0 Å². The molecule has 2 aliphatic rings. The number of anilines is 1. The van der Waals surface area contributed by atoms with Crippen LogP contribution in [0.4, 0.5) is 10.5 Å². The molecule has 1 aromatic carbocycles. The molecule has 1 aliphatic carbocycles. The van der Waals surface area contributed by atoms with Crippen molar-refractivity contribution in [3.05, 3.63) is 24.1 Å². The van der Waals surface area contributed by atoms with Gasteiger partial charge in [0.25, 0.3) is 0 Å². The number of oxazole rings is 1. The molecule has 1 saturated heterocycles. The highest BCUT2D eigenvalue weighted by Gasteiger charge is 2.31. The Balaban J connectivity index is 1.41. The molecule has 5 heteroatoms. The number of carbonyl (C=O) groups excluding carboxylic acids is 1. The van der Waals surface area contributed by atoms with Gasteiger partial charge in [-0.05, 0) is 37.3 Å². The minimum absolute atomic E-state index is 0.0221. The predicted octanol–water partition coefficient (Wildman–Crippen LogP) is 5.10. The van der Waals surface area contributed by atoms with E-state index in [1.165, 1.54) is 38.5 Å². The van der Waals surface area contributed by atoms with Gasteiger partial charge >= 0.3 is 6.03 Å². The van der Waals surface area contributed by atoms with Crippen LogP contribution in [0.25, 0.3) is 11.1 Å². The van der Waals surface area contributed by atoms with Gasteiger partial charge in [-0.2, -0.15) is 0 Å². The number of nitrogens with one attached hydrogen (secondary N) is 1. The number of fused-ring (bicyclic) bond motifs is 1. The van der Waals surface area contributed by atoms with Crippen LogP contribution in [0, 0.1) is 12.8 Å². The first kappa shape index (κ1) is 16.4. The number of rotatable bonds is 3. The summed E-state index contributed by atoms with van der Waals surface area (Å²) in [5.74, 6) is 1.45. The molecule has 1 N–H and O–H groups in total. The number of hydrogen-bond donors (Lipinski definition) is 1. The minimum atomic E-state index is 0.0221. The molecular formula is C20H27N3O2. The van der Waals surface area contributed by atoms with Crippen LogP contribution < -0.4 is 5.32 Å². The maximum Gasteiger partial charge on any atom is 0.322 e. The van der Waals surface area contributed by atoms with Gasteiger partial charge < -0.3 is 14.6 Å². The second-order valence-corrected chi connectivity index (χ2v) is 7.57. The maximum absolute atomic E-state index is 12.8. The predicted molar refractivity (Wildman–Crippen MR) is 98.7 cm³/mol. The molecule has 25 heavy (non-hydrogen) atoms. The van der Waals surface area contributed by atoms with Crippen LogP contribution in [0.5, 0.6) is 0 Å². The van der Waals surface area contributed by atoms with E-state index >= 15 is 0 Å². The van der Waals surface area contributed by atoms with E-state index in [1.807, 2.05) is 30.0 Å². The van der Waals surface area contributed by atoms with Gasteiger partial charge in [0.15, 0.2) is 11.5 Å². The second kappa shape index (κ2) is 7.06. The molecule has 134 valence electrons. The lowest BCUT2D eigenvalue weighted by molar-refractivity contribution is 0.190. The Hall–Kier alpha value is -2.04. The van der Waals surface area contributed by atoms with Crippen LogP contribution in [0.2, 0.25) is 0 Å². The van der Waals surface area contributed by atoms with Crippen LogP contribution in [0.3, 0.4) is 0 Å². The Morgan fingerprint density at radius 2 is 2.08 bits per heavy atom. The lowest BCUT2D eigenvalue weighted by atomic mass is 9.84. The van der Waals surface area contributed by atoms with Gasteiger partial charge in [-0.25, -0.2) is 9.78 Å². The summed E-state index contributed by atoms with van der Waals surface area (Å²) >= 11 is 0. The number of carbonyl (C=O) groups is 1. The van der Waals surface area contributed by atoms with E-state index in [0.717, 1.165) is 42.1 Å². The van der Waals surface area contributed by atoms with Gasteiger partial charge in [0.05, 0.1) is 0 Å². The third-order valence-electron chi connectivity index (χ3n) is 5.71. The number of hydrogen-bond acceptors (Lipinski definition) is 3. The number of likely N-dealkylation sites (tertiary alicyclic amines) is 1.